The SMILES string of the molecule is CC(C)c1nc([C@H]2CCCN2C(=O)C(=O)Nc2ccccc2F)no1. The van der Waals surface area contributed by atoms with Crippen LogP contribution in [0, 0.1) is 5.82 Å². The normalized spacial score (nSPS) is 17.1. The van der Waals surface area contributed by atoms with E-state index in [0.717, 1.165) is 6.42 Å². The third kappa shape index (κ3) is 3.52. The van der Waals surface area contributed by atoms with Gasteiger partial charge in [-0.05, 0) is 25.0 Å². The minimum Gasteiger partial charge on any atom is -0.339 e. The second-order valence-electron chi connectivity index (χ2n) is 6.24. The van der Waals surface area contributed by atoms with E-state index in [4.69, 9.17) is 4.52 Å². The lowest BCUT2D eigenvalue weighted by molar-refractivity contribution is -0.143. The first-order chi connectivity index (χ1) is 12.0. The number of likely N-dealkylation sites (tertiary alicyclic amines) is 1. The number of hydrogen-bond acceptors (Lipinski definition) is 5. The number of nitrogens with zero attached hydrogens (tertiary/aromatic N) is 3. The molecule has 2 aromatic rings. The van der Waals surface area contributed by atoms with E-state index in [-0.39, 0.29) is 11.6 Å². The van der Waals surface area contributed by atoms with Gasteiger partial charge in [0.05, 0.1) is 11.7 Å². The number of aromatic nitrogens is 2. The molecule has 2 amide bonds. The van der Waals surface area contributed by atoms with Crippen LogP contribution in [0.2, 0.25) is 0 Å². The van der Waals surface area contributed by atoms with Gasteiger partial charge in [0.25, 0.3) is 0 Å². The van der Waals surface area contributed by atoms with Crippen LogP contribution in [0.1, 0.15) is 50.4 Å². The second-order valence-corrected chi connectivity index (χ2v) is 6.24. The van der Waals surface area contributed by atoms with Crippen LogP contribution in [0.15, 0.2) is 28.8 Å². The van der Waals surface area contributed by atoms with Gasteiger partial charge in [0.15, 0.2) is 5.82 Å². The monoisotopic (exact) mass is 346 g/mol. The molecule has 25 heavy (non-hydrogen) atoms. The average molecular weight is 346 g/mol. The van der Waals surface area contributed by atoms with Crippen LogP contribution in [0.3, 0.4) is 0 Å². The van der Waals surface area contributed by atoms with E-state index >= 15 is 0 Å². The van der Waals surface area contributed by atoms with E-state index in [9.17, 15) is 14.0 Å². The molecule has 1 N–H and O–H groups in total. The van der Waals surface area contributed by atoms with E-state index in [1.807, 2.05) is 13.8 Å². The molecule has 1 aliphatic heterocycles. The van der Waals surface area contributed by atoms with Crippen molar-refractivity contribution in [2.75, 3.05) is 11.9 Å². The lowest BCUT2D eigenvalue weighted by Gasteiger charge is -2.21. The van der Waals surface area contributed by atoms with Crippen molar-refractivity contribution in [3.8, 4) is 0 Å². The molecule has 3 rings (SSSR count). The lowest BCUT2D eigenvalue weighted by atomic mass is 10.2. The largest absolute Gasteiger partial charge is 0.339 e. The zero-order valence-corrected chi connectivity index (χ0v) is 14.0. The minimum atomic E-state index is -0.885. The Morgan fingerprint density at radius 3 is 2.80 bits per heavy atom. The molecule has 7 nitrogen and oxygen atoms in total. The predicted octanol–water partition coefficient (Wildman–Crippen LogP) is 2.63. The fraction of sp³-hybridized carbons (Fsp3) is 0.412. The van der Waals surface area contributed by atoms with Crippen molar-refractivity contribution in [2.24, 2.45) is 0 Å². The standard InChI is InChI=1S/C17H19FN4O3/c1-10(2)16-20-14(21-25-16)13-8-5-9-22(13)17(24)15(23)19-12-7-4-3-6-11(12)18/h3-4,6-7,10,13H,5,8-9H2,1-2H3,(H,19,23)/t13-/m1/s1. The molecule has 0 aliphatic carbocycles. The Labute approximate surface area is 144 Å². The van der Waals surface area contributed by atoms with Crippen molar-refractivity contribution in [2.45, 2.75) is 38.6 Å². The molecule has 8 heteroatoms. The summed E-state index contributed by atoms with van der Waals surface area (Å²) in [6, 6.07) is 5.29. The fourth-order valence-corrected chi connectivity index (χ4v) is 2.76. The molecule has 1 atom stereocenters. The summed E-state index contributed by atoms with van der Waals surface area (Å²) in [5.74, 6) is -1.25. The Morgan fingerprint density at radius 1 is 1.36 bits per heavy atom. The molecule has 1 aromatic carbocycles. The molecule has 0 spiro atoms. The van der Waals surface area contributed by atoms with Crippen molar-refractivity contribution >= 4 is 17.5 Å². The Bertz CT molecular complexity index is 790. The number of hydrogen-bond donors (Lipinski definition) is 1. The Morgan fingerprint density at radius 2 is 2.12 bits per heavy atom. The van der Waals surface area contributed by atoms with Crippen LogP contribution in [-0.4, -0.2) is 33.4 Å². The molecule has 132 valence electrons. The molecular formula is C17H19FN4O3. The van der Waals surface area contributed by atoms with Gasteiger partial charge in [-0.3, -0.25) is 9.59 Å². The summed E-state index contributed by atoms with van der Waals surface area (Å²) in [5, 5.41) is 6.25. The van der Waals surface area contributed by atoms with E-state index < -0.39 is 23.7 Å². The molecule has 0 bridgehead atoms. The zero-order valence-electron chi connectivity index (χ0n) is 14.0. The van der Waals surface area contributed by atoms with E-state index in [2.05, 4.69) is 15.5 Å². The van der Waals surface area contributed by atoms with E-state index in [1.54, 1.807) is 6.07 Å². The van der Waals surface area contributed by atoms with Crippen LogP contribution in [0.25, 0.3) is 0 Å². The number of nitrogens with one attached hydrogen (secondary N) is 1. The highest BCUT2D eigenvalue weighted by atomic mass is 19.1. The predicted molar refractivity (Wildman–Crippen MR) is 87.1 cm³/mol. The zero-order chi connectivity index (χ0) is 18.0. The van der Waals surface area contributed by atoms with E-state index in [0.29, 0.717) is 24.7 Å². The average Bonchev–Trinajstić information content (AvgIpc) is 3.24. The lowest BCUT2D eigenvalue weighted by Crippen LogP contribution is -2.39. The number of benzene rings is 1. The summed E-state index contributed by atoms with van der Waals surface area (Å²) in [7, 11) is 0. The van der Waals surface area contributed by atoms with Gasteiger partial charge in [-0.2, -0.15) is 4.98 Å². The maximum atomic E-state index is 13.6. The van der Waals surface area contributed by atoms with Crippen molar-refractivity contribution in [3.63, 3.8) is 0 Å². The minimum absolute atomic E-state index is 0.0294. The summed E-state index contributed by atoms with van der Waals surface area (Å²) in [5.41, 5.74) is -0.0294. The van der Waals surface area contributed by atoms with Crippen molar-refractivity contribution in [3.05, 3.63) is 41.8 Å². The molecule has 0 unspecified atom stereocenters. The van der Waals surface area contributed by atoms with Crippen molar-refractivity contribution in [1.29, 1.82) is 0 Å². The number of carbonyl (C=O) groups excluding carboxylic acids is 2. The maximum Gasteiger partial charge on any atom is 0.314 e. The third-order valence-electron chi connectivity index (χ3n) is 4.08. The van der Waals surface area contributed by atoms with Gasteiger partial charge in [-0.1, -0.05) is 31.1 Å². The second kappa shape index (κ2) is 7.00. The topological polar surface area (TPSA) is 88.3 Å². The number of halogens is 1. The Hall–Kier alpha value is -2.77. The molecule has 2 heterocycles. The number of anilines is 1. The van der Waals surface area contributed by atoms with Crippen molar-refractivity contribution in [1.82, 2.24) is 15.0 Å². The van der Waals surface area contributed by atoms with Gasteiger partial charge in [-0.15, -0.1) is 0 Å². The highest BCUT2D eigenvalue weighted by Crippen LogP contribution is 2.31. The maximum absolute atomic E-state index is 13.6. The number of amides is 2. The summed E-state index contributed by atoms with van der Waals surface area (Å²) >= 11 is 0. The van der Waals surface area contributed by atoms with Gasteiger partial charge in [0.1, 0.15) is 5.82 Å². The third-order valence-corrected chi connectivity index (χ3v) is 4.08. The van der Waals surface area contributed by atoms with Crippen LogP contribution >= 0.6 is 0 Å². The number of rotatable bonds is 3. The van der Waals surface area contributed by atoms with Gasteiger partial charge < -0.3 is 14.7 Å². The molecule has 1 saturated heterocycles. The smallest absolute Gasteiger partial charge is 0.314 e. The van der Waals surface area contributed by atoms with Crippen LogP contribution in [-0.2, 0) is 9.59 Å². The first-order valence-electron chi connectivity index (χ1n) is 8.17. The highest BCUT2D eigenvalue weighted by molar-refractivity contribution is 6.39. The van der Waals surface area contributed by atoms with Gasteiger partial charge in [0.2, 0.25) is 5.89 Å². The molecule has 0 saturated carbocycles. The van der Waals surface area contributed by atoms with Crippen LogP contribution in [0.4, 0.5) is 10.1 Å². The molecule has 1 aromatic heterocycles. The first-order valence-corrected chi connectivity index (χ1v) is 8.17. The van der Waals surface area contributed by atoms with E-state index in [1.165, 1.54) is 23.1 Å². The van der Waals surface area contributed by atoms with Gasteiger partial charge in [0, 0.05) is 12.5 Å². The summed E-state index contributed by atoms with van der Waals surface area (Å²) < 4.78 is 18.8. The van der Waals surface area contributed by atoms with Gasteiger partial charge in [-0.25, -0.2) is 4.39 Å². The molecule has 1 fully saturated rings. The summed E-state index contributed by atoms with van der Waals surface area (Å²) in [6.07, 6.45) is 1.38. The molecular weight excluding hydrogens is 327 g/mol. The van der Waals surface area contributed by atoms with Crippen LogP contribution in [0.5, 0.6) is 0 Å². The van der Waals surface area contributed by atoms with Crippen LogP contribution < -0.4 is 5.32 Å². The first kappa shape index (κ1) is 17.1. The molecule has 1 aliphatic rings. The number of para-hydroxylation sites is 1. The quantitative estimate of drug-likeness (QED) is 0.863. The van der Waals surface area contributed by atoms with Gasteiger partial charge >= 0.3 is 11.8 Å². The Balaban J connectivity index is 1.73. The van der Waals surface area contributed by atoms with Crippen molar-refractivity contribution < 1.29 is 18.5 Å². The Kier molecular flexibility index (Phi) is 4.78. The fourth-order valence-electron chi connectivity index (χ4n) is 2.76. The summed E-state index contributed by atoms with van der Waals surface area (Å²) in [6.45, 7) is 4.27. The molecule has 0 radical (unpaired) electrons. The highest BCUT2D eigenvalue weighted by Gasteiger charge is 2.36. The summed E-state index contributed by atoms with van der Waals surface area (Å²) in [4.78, 5) is 30.4. The number of carbonyl (C=O) groups is 2.